The molecule has 11 heteroatoms. The molecule has 0 saturated carbocycles. The van der Waals surface area contributed by atoms with Gasteiger partial charge in [0.1, 0.15) is 0 Å². The minimum absolute atomic E-state index is 0.292. The van der Waals surface area contributed by atoms with Gasteiger partial charge in [-0.15, -0.1) is 8.78 Å². The number of benzene rings is 2. The number of hydrogen-bond donors (Lipinski definition) is 0. The van der Waals surface area contributed by atoms with Gasteiger partial charge < -0.3 is 0 Å². The molecule has 0 unspecified atom stereocenters. The third-order valence-corrected chi connectivity index (χ3v) is 5.24. The van der Waals surface area contributed by atoms with Crippen molar-refractivity contribution >= 4 is 37.6 Å². The third kappa shape index (κ3) is 4.32. The SMILES string of the molecule is O=[N+]([O-])C(F)(F)[C@H](OS(=O)(=O)c1ccc(Br)cc1)c1ccccc1Cl. The predicted molar refractivity (Wildman–Crippen MR) is 88.5 cm³/mol. The average Bonchev–Trinajstić information content (AvgIpc) is 2.53. The quantitative estimate of drug-likeness (QED) is 0.278. The van der Waals surface area contributed by atoms with Crippen molar-refractivity contribution < 1.29 is 26.3 Å². The molecule has 0 saturated heterocycles. The number of alkyl halides is 2. The molecule has 0 amide bonds. The molecule has 0 spiro atoms. The second-order valence-electron chi connectivity index (χ2n) is 4.75. The topological polar surface area (TPSA) is 86.5 Å². The van der Waals surface area contributed by atoms with E-state index in [2.05, 4.69) is 20.1 Å². The highest BCUT2D eigenvalue weighted by Gasteiger charge is 2.57. The van der Waals surface area contributed by atoms with E-state index < -0.39 is 37.7 Å². The molecule has 2 aromatic rings. The van der Waals surface area contributed by atoms with Crippen LogP contribution in [0.5, 0.6) is 0 Å². The van der Waals surface area contributed by atoms with E-state index in [1.54, 1.807) is 0 Å². The van der Waals surface area contributed by atoms with Crippen LogP contribution in [-0.2, 0) is 14.3 Å². The molecular formula is C14H9BrClF2NO5S. The van der Waals surface area contributed by atoms with Crippen molar-refractivity contribution in [3.63, 3.8) is 0 Å². The van der Waals surface area contributed by atoms with Gasteiger partial charge >= 0.3 is 6.05 Å². The minimum atomic E-state index is -4.73. The van der Waals surface area contributed by atoms with Crippen molar-refractivity contribution in [3.8, 4) is 0 Å². The maximum atomic E-state index is 14.0. The maximum absolute atomic E-state index is 14.0. The lowest BCUT2D eigenvalue weighted by atomic mass is 10.1. The maximum Gasteiger partial charge on any atom is 0.543 e. The van der Waals surface area contributed by atoms with Gasteiger partial charge in [0, 0.05) is 15.1 Å². The first-order valence-corrected chi connectivity index (χ1v) is 9.09. The lowest BCUT2D eigenvalue weighted by Crippen LogP contribution is -2.38. The van der Waals surface area contributed by atoms with E-state index in [0.717, 1.165) is 18.2 Å². The molecule has 25 heavy (non-hydrogen) atoms. The first kappa shape index (κ1) is 19.7. The van der Waals surface area contributed by atoms with Crippen molar-refractivity contribution in [2.24, 2.45) is 0 Å². The van der Waals surface area contributed by atoms with E-state index in [9.17, 15) is 27.3 Å². The molecule has 0 bridgehead atoms. The number of hydrogen-bond acceptors (Lipinski definition) is 5. The monoisotopic (exact) mass is 455 g/mol. The Kier molecular flexibility index (Phi) is 5.77. The third-order valence-electron chi connectivity index (χ3n) is 3.07. The molecule has 0 N–H and O–H groups in total. The Balaban J connectivity index is 2.52. The number of nitrogens with zero attached hydrogens (tertiary/aromatic N) is 1. The van der Waals surface area contributed by atoms with Crippen LogP contribution in [0.2, 0.25) is 5.02 Å². The van der Waals surface area contributed by atoms with Gasteiger partial charge in [0.2, 0.25) is 6.10 Å². The first-order chi connectivity index (χ1) is 11.6. The molecular weight excluding hydrogens is 448 g/mol. The standard InChI is InChI=1S/C14H9BrClF2NO5S/c15-9-5-7-10(8-6-9)25(22,23)24-13(14(17,18)19(20)21)11-3-1-2-4-12(11)16/h1-8,13H/t13-/m1/s1. The van der Waals surface area contributed by atoms with E-state index in [1.807, 2.05) is 0 Å². The molecule has 0 heterocycles. The van der Waals surface area contributed by atoms with Crippen LogP contribution in [0.1, 0.15) is 11.7 Å². The molecule has 0 fully saturated rings. The minimum Gasteiger partial charge on any atom is -0.259 e. The molecule has 0 aliphatic carbocycles. The molecule has 0 aliphatic heterocycles. The molecule has 0 aromatic heterocycles. The highest BCUT2D eigenvalue weighted by atomic mass is 79.9. The van der Waals surface area contributed by atoms with E-state index in [-0.39, 0.29) is 5.02 Å². The smallest absolute Gasteiger partial charge is 0.259 e. The Morgan fingerprint density at radius 1 is 1.16 bits per heavy atom. The van der Waals surface area contributed by atoms with Crippen LogP contribution in [0.15, 0.2) is 57.9 Å². The Morgan fingerprint density at radius 3 is 2.24 bits per heavy atom. The molecule has 2 rings (SSSR count). The zero-order valence-corrected chi connectivity index (χ0v) is 15.3. The van der Waals surface area contributed by atoms with Gasteiger partial charge in [0.25, 0.3) is 10.1 Å². The molecule has 2 aromatic carbocycles. The lowest BCUT2D eigenvalue weighted by molar-refractivity contribution is -0.657. The van der Waals surface area contributed by atoms with Crippen LogP contribution in [0.3, 0.4) is 0 Å². The predicted octanol–water partition coefficient (Wildman–Crippen LogP) is 4.42. The van der Waals surface area contributed by atoms with Crippen LogP contribution in [-0.4, -0.2) is 19.4 Å². The van der Waals surface area contributed by atoms with Gasteiger partial charge in [0.15, 0.2) is 0 Å². The Labute approximate surface area is 154 Å². The largest absolute Gasteiger partial charge is 0.543 e. The fourth-order valence-corrected chi connectivity index (χ4v) is 3.42. The summed E-state index contributed by atoms with van der Waals surface area (Å²) in [4.78, 5) is 8.39. The molecule has 0 aliphatic rings. The first-order valence-electron chi connectivity index (χ1n) is 6.51. The molecule has 0 radical (unpaired) electrons. The summed E-state index contributed by atoms with van der Waals surface area (Å²) < 4.78 is 57.7. The number of halogens is 4. The van der Waals surface area contributed by atoms with E-state index in [0.29, 0.717) is 4.47 Å². The van der Waals surface area contributed by atoms with Gasteiger partial charge in [0.05, 0.1) is 9.82 Å². The summed E-state index contributed by atoms with van der Waals surface area (Å²) in [6.07, 6.45) is -2.73. The van der Waals surface area contributed by atoms with Crippen molar-refractivity contribution in [2.45, 2.75) is 17.0 Å². The normalized spacial score (nSPS) is 13.4. The summed E-state index contributed by atoms with van der Waals surface area (Å²) in [6, 6.07) is 5.08. The van der Waals surface area contributed by atoms with Crippen molar-refractivity contribution in [3.05, 3.63) is 73.7 Å². The van der Waals surface area contributed by atoms with Crippen LogP contribution in [0, 0.1) is 10.1 Å². The Hall–Kier alpha value is -1.62. The summed E-state index contributed by atoms with van der Waals surface area (Å²) in [5.41, 5.74) is -0.522. The average molecular weight is 457 g/mol. The van der Waals surface area contributed by atoms with Crippen LogP contribution >= 0.6 is 27.5 Å². The summed E-state index contributed by atoms with van der Waals surface area (Å²) in [5.74, 6) is 0. The van der Waals surface area contributed by atoms with Gasteiger partial charge in [-0.1, -0.05) is 45.7 Å². The molecule has 6 nitrogen and oxygen atoms in total. The van der Waals surface area contributed by atoms with Gasteiger partial charge in [-0.2, -0.15) is 8.42 Å². The van der Waals surface area contributed by atoms with Gasteiger partial charge in [-0.25, -0.2) is 4.18 Å². The molecule has 1 atom stereocenters. The summed E-state index contributed by atoms with van der Waals surface area (Å²) in [5, 5.41) is 10.5. The summed E-state index contributed by atoms with van der Waals surface area (Å²) >= 11 is 8.89. The van der Waals surface area contributed by atoms with Crippen LogP contribution in [0.4, 0.5) is 8.78 Å². The van der Waals surface area contributed by atoms with Crippen molar-refractivity contribution in [1.82, 2.24) is 0 Å². The van der Waals surface area contributed by atoms with Gasteiger partial charge in [-0.05, 0) is 30.3 Å². The van der Waals surface area contributed by atoms with Crippen molar-refractivity contribution in [1.29, 1.82) is 0 Å². The summed E-state index contributed by atoms with van der Waals surface area (Å²) in [7, 11) is -4.72. The fraction of sp³-hybridized carbons (Fsp3) is 0.143. The lowest BCUT2D eigenvalue weighted by Gasteiger charge is -2.21. The Bertz CT molecular complexity index is 892. The molecule has 134 valence electrons. The van der Waals surface area contributed by atoms with Gasteiger partial charge in [-0.3, -0.25) is 10.1 Å². The second kappa shape index (κ2) is 7.32. The van der Waals surface area contributed by atoms with E-state index >= 15 is 0 Å². The Morgan fingerprint density at radius 2 is 1.72 bits per heavy atom. The van der Waals surface area contributed by atoms with Crippen LogP contribution in [0.25, 0.3) is 0 Å². The van der Waals surface area contributed by atoms with Crippen LogP contribution < -0.4 is 0 Å². The fourth-order valence-electron chi connectivity index (χ4n) is 1.86. The number of nitro groups is 1. The van der Waals surface area contributed by atoms with Crippen molar-refractivity contribution in [2.75, 3.05) is 0 Å². The van der Waals surface area contributed by atoms with E-state index in [4.69, 9.17) is 11.6 Å². The van der Waals surface area contributed by atoms with E-state index in [1.165, 1.54) is 30.3 Å². The number of rotatable bonds is 6. The zero-order chi connectivity index (χ0) is 18.8. The highest BCUT2D eigenvalue weighted by molar-refractivity contribution is 9.10. The zero-order valence-electron chi connectivity index (χ0n) is 12.1. The summed E-state index contributed by atoms with van der Waals surface area (Å²) in [6.45, 7) is 0. The second-order valence-corrected chi connectivity index (χ2v) is 7.65. The highest BCUT2D eigenvalue weighted by Crippen LogP contribution is 2.40.